The van der Waals surface area contributed by atoms with Gasteiger partial charge in [0.15, 0.2) is 11.6 Å². The number of carboxylic acid groups (broad SMARTS) is 1. The molecule has 0 atom stereocenters. The summed E-state index contributed by atoms with van der Waals surface area (Å²) in [7, 11) is 0. The number of hydrogen-bond donors (Lipinski definition) is 1. The molecule has 1 N–H and O–H groups in total. The molecule has 3 aromatic carbocycles. The predicted molar refractivity (Wildman–Crippen MR) is 120 cm³/mol. The molecule has 3 rings (SSSR count). The Morgan fingerprint density at radius 2 is 1.69 bits per heavy atom. The number of aliphatic carboxylic acids is 1. The first-order chi connectivity index (χ1) is 15.5. The molecule has 6 heteroatoms. The number of ether oxygens (including phenoxy) is 3. The zero-order valence-corrected chi connectivity index (χ0v) is 18.1. The first-order valence-corrected chi connectivity index (χ1v) is 10.7. The fraction of sp³-hybridized carbons (Fsp3) is 0.269. The highest BCUT2D eigenvalue weighted by Gasteiger charge is 2.09. The third-order valence-corrected chi connectivity index (χ3v) is 4.70. The van der Waals surface area contributed by atoms with Crippen LogP contribution in [-0.2, 0) is 17.8 Å². The van der Waals surface area contributed by atoms with Crippen LogP contribution in [-0.4, -0.2) is 17.7 Å². The summed E-state index contributed by atoms with van der Waals surface area (Å²) in [4.78, 5) is 10.7. The molecule has 168 valence electrons. The van der Waals surface area contributed by atoms with Crippen molar-refractivity contribution >= 4 is 5.97 Å². The molecule has 0 aliphatic rings. The fourth-order valence-corrected chi connectivity index (χ4v) is 3.04. The maximum Gasteiger partial charge on any atom is 0.303 e. The van der Waals surface area contributed by atoms with E-state index in [9.17, 15) is 9.18 Å². The molecule has 0 fully saturated rings. The third-order valence-electron chi connectivity index (χ3n) is 4.70. The van der Waals surface area contributed by atoms with E-state index >= 15 is 0 Å². The molecule has 0 aliphatic carbocycles. The molecule has 0 unspecified atom stereocenters. The van der Waals surface area contributed by atoms with Crippen LogP contribution in [0.3, 0.4) is 0 Å². The number of halogens is 1. The summed E-state index contributed by atoms with van der Waals surface area (Å²) < 4.78 is 31.9. The van der Waals surface area contributed by atoms with E-state index in [1.807, 2.05) is 48.5 Å². The molecular weight excluding hydrogens is 411 g/mol. The molecule has 32 heavy (non-hydrogen) atoms. The van der Waals surface area contributed by atoms with E-state index in [-0.39, 0.29) is 25.2 Å². The lowest BCUT2D eigenvalue weighted by Gasteiger charge is -2.13. The molecule has 0 heterocycles. The normalized spacial score (nSPS) is 10.6. The van der Waals surface area contributed by atoms with Gasteiger partial charge in [0, 0.05) is 12.5 Å². The topological polar surface area (TPSA) is 65.0 Å². The Morgan fingerprint density at radius 1 is 0.906 bits per heavy atom. The molecule has 0 radical (unpaired) electrons. The minimum atomic E-state index is -0.916. The average Bonchev–Trinajstić information content (AvgIpc) is 2.78. The molecule has 0 saturated heterocycles. The Bertz CT molecular complexity index is 1020. The zero-order chi connectivity index (χ0) is 22.8. The second kappa shape index (κ2) is 11.7. The Hall–Kier alpha value is -3.54. The van der Waals surface area contributed by atoms with E-state index in [1.165, 1.54) is 12.1 Å². The highest BCUT2D eigenvalue weighted by molar-refractivity contribution is 5.67. The van der Waals surface area contributed by atoms with Crippen molar-refractivity contribution < 1.29 is 28.5 Å². The van der Waals surface area contributed by atoms with Crippen molar-refractivity contribution in [3.05, 3.63) is 83.7 Å². The van der Waals surface area contributed by atoms with Crippen LogP contribution in [0.1, 0.15) is 37.3 Å². The Balaban J connectivity index is 1.72. The van der Waals surface area contributed by atoms with Gasteiger partial charge in [-0.25, -0.2) is 4.39 Å². The molecule has 3 aromatic rings. The van der Waals surface area contributed by atoms with E-state index in [0.29, 0.717) is 29.4 Å². The second-order valence-corrected chi connectivity index (χ2v) is 7.38. The molecule has 5 nitrogen and oxygen atoms in total. The van der Waals surface area contributed by atoms with Crippen LogP contribution in [0.25, 0.3) is 0 Å². The molecule has 0 saturated carbocycles. The molecule has 0 aliphatic heterocycles. The van der Waals surface area contributed by atoms with Gasteiger partial charge in [0.1, 0.15) is 23.9 Å². The van der Waals surface area contributed by atoms with E-state index in [4.69, 9.17) is 19.3 Å². The summed E-state index contributed by atoms with van der Waals surface area (Å²) in [5, 5.41) is 8.78. The van der Waals surface area contributed by atoms with E-state index in [0.717, 1.165) is 18.4 Å². The van der Waals surface area contributed by atoms with Crippen molar-refractivity contribution in [2.45, 2.75) is 39.2 Å². The van der Waals surface area contributed by atoms with Crippen LogP contribution in [0.4, 0.5) is 4.39 Å². The highest BCUT2D eigenvalue weighted by Crippen LogP contribution is 2.29. The van der Waals surface area contributed by atoms with Crippen molar-refractivity contribution in [2.75, 3.05) is 6.61 Å². The second-order valence-electron chi connectivity index (χ2n) is 7.38. The van der Waals surface area contributed by atoms with Crippen LogP contribution in [0.5, 0.6) is 23.0 Å². The van der Waals surface area contributed by atoms with Gasteiger partial charge in [-0.1, -0.05) is 37.6 Å². The van der Waals surface area contributed by atoms with Crippen molar-refractivity contribution in [3.63, 3.8) is 0 Å². The average molecular weight is 438 g/mol. The predicted octanol–water partition coefficient (Wildman–Crippen LogP) is 6.39. The Morgan fingerprint density at radius 3 is 2.41 bits per heavy atom. The van der Waals surface area contributed by atoms with Crippen molar-refractivity contribution in [1.82, 2.24) is 0 Å². The van der Waals surface area contributed by atoms with Gasteiger partial charge in [-0.3, -0.25) is 4.79 Å². The third kappa shape index (κ3) is 7.30. The van der Waals surface area contributed by atoms with E-state index < -0.39 is 11.8 Å². The molecular formula is C26H27FO5. The van der Waals surface area contributed by atoms with Crippen LogP contribution in [0, 0.1) is 5.82 Å². The monoisotopic (exact) mass is 438 g/mol. The summed E-state index contributed by atoms with van der Waals surface area (Å²) in [5.74, 6) is 0.632. The number of benzene rings is 3. The minimum Gasteiger partial charge on any atom is -0.493 e. The quantitative estimate of drug-likeness (QED) is 0.332. The maximum atomic E-state index is 14.4. The Labute approximate surface area is 187 Å². The van der Waals surface area contributed by atoms with Gasteiger partial charge in [0.05, 0.1) is 6.61 Å². The van der Waals surface area contributed by atoms with Gasteiger partial charge in [0.25, 0.3) is 0 Å². The SMILES string of the molecule is CCCCOc1cc(COc2ccc(CCC(=O)O)cc2F)cc(Oc2ccccc2)c1. The van der Waals surface area contributed by atoms with Crippen molar-refractivity contribution in [3.8, 4) is 23.0 Å². The van der Waals surface area contributed by atoms with Gasteiger partial charge >= 0.3 is 5.97 Å². The summed E-state index contributed by atoms with van der Waals surface area (Å²) in [6, 6.07) is 19.4. The van der Waals surface area contributed by atoms with Gasteiger partial charge < -0.3 is 19.3 Å². The molecule has 0 aromatic heterocycles. The summed E-state index contributed by atoms with van der Waals surface area (Å²) in [6.45, 7) is 2.82. The number of rotatable bonds is 12. The summed E-state index contributed by atoms with van der Waals surface area (Å²) in [6.07, 6.45) is 2.19. The highest BCUT2D eigenvalue weighted by atomic mass is 19.1. The first-order valence-electron chi connectivity index (χ1n) is 10.7. The van der Waals surface area contributed by atoms with Gasteiger partial charge in [-0.2, -0.15) is 0 Å². The van der Waals surface area contributed by atoms with Crippen molar-refractivity contribution in [2.24, 2.45) is 0 Å². The maximum absolute atomic E-state index is 14.4. The molecule has 0 amide bonds. The summed E-state index contributed by atoms with van der Waals surface area (Å²) in [5.41, 5.74) is 1.39. The Kier molecular flexibility index (Phi) is 8.49. The van der Waals surface area contributed by atoms with Gasteiger partial charge in [-0.05, 0) is 60.4 Å². The first kappa shape index (κ1) is 23.1. The van der Waals surface area contributed by atoms with Gasteiger partial charge in [-0.15, -0.1) is 0 Å². The minimum absolute atomic E-state index is 0.0470. The number of unbranched alkanes of at least 4 members (excludes halogenated alkanes) is 1. The lowest BCUT2D eigenvalue weighted by atomic mass is 10.1. The number of para-hydroxylation sites is 1. The standard InChI is InChI=1S/C26H27FO5/c1-2-3-13-30-22-14-20(15-23(17-22)32-21-7-5-4-6-8-21)18-31-25-11-9-19(16-24(25)27)10-12-26(28)29/h4-9,11,14-17H,2-3,10,12-13,18H2,1H3,(H,28,29). The fourth-order valence-electron chi connectivity index (χ4n) is 3.04. The number of aryl methyl sites for hydroxylation is 1. The number of carbonyl (C=O) groups is 1. The lowest BCUT2D eigenvalue weighted by Crippen LogP contribution is -2.02. The number of hydrogen-bond acceptors (Lipinski definition) is 4. The van der Waals surface area contributed by atoms with Crippen LogP contribution >= 0.6 is 0 Å². The lowest BCUT2D eigenvalue weighted by molar-refractivity contribution is -0.136. The smallest absolute Gasteiger partial charge is 0.303 e. The van der Waals surface area contributed by atoms with Gasteiger partial charge in [0.2, 0.25) is 0 Å². The van der Waals surface area contributed by atoms with E-state index in [2.05, 4.69) is 6.92 Å². The van der Waals surface area contributed by atoms with Crippen LogP contribution < -0.4 is 14.2 Å². The van der Waals surface area contributed by atoms with Crippen LogP contribution in [0.15, 0.2) is 66.7 Å². The van der Waals surface area contributed by atoms with Crippen molar-refractivity contribution in [1.29, 1.82) is 0 Å². The largest absolute Gasteiger partial charge is 0.493 e. The van der Waals surface area contributed by atoms with Crippen LogP contribution in [0.2, 0.25) is 0 Å². The van der Waals surface area contributed by atoms with E-state index in [1.54, 1.807) is 6.07 Å². The number of carboxylic acids is 1. The zero-order valence-electron chi connectivity index (χ0n) is 18.1. The molecule has 0 spiro atoms. The molecule has 0 bridgehead atoms. The summed E-state index contributed by atoms with van der Waals surface area (Å²) >= 11 is 0.